The van der Waals surface area contributed by atoms with Gasteiger partial charge in [0.25, 0.3) is 0 Å². The van der Waals surface area contributed by atoms with Gasteiger partial charge < -0.3 is 0 Å². The predicted molar refractivity (Wildman–Crippen MR) is 59.8 cm³/mol. The molecule has 0 atom stereocenters. The lowest BCUT2D eigenvalue weighted by Gasteiger charge is -2.03. The van der Waals surface area contributed by atoms with Gasteiger partial charge in [0, 0.05) is 17.3 Å². The van der Waals surface area contributed by atoms with Crippen LogP contribution in [0.3, 0.4) is 0 Å². The molecule has 0 amide bonds. The van der Waals surface area contributed by atoms with E-state index in [4.69, 9.17) is 0 Å². The van der Waals surface area contributed by atoms with E-state index in [2.05, 4.69) is 4.98 Å². The number of aldehydes is 1. The van der Waals surface area contributed by atoms with Crippen molar-refractivity contribution in [1.82, 2.24) is 4.98 Å². The van der Waals surface area contributed by atoms with Crippen molar-refractivity contribution in [2.24, 2.45) is 0 Å². The maximum atomic E-state index is 10.5. The number of rotatable bonds is 2. The van der Waals surface area contributed by atoms with Gasteiger partial charge in [-0.1, -0.05) is 30.3 Å². The fourth-order valence-corrected chi connectivity index (χ4v) is 1.51. The molecule has 15 heavy (non-hydrogen) atoms. The number of benzene rings is 1. The molecule has 0 radical (unpaired) electrons. The molecule has 0 aliphatic rings. The third-order valence-corrected chi connectivity index (χ3v) is 2.33. The molecule has 2 heteroatoms. The molecule has 0 saturated heterocycles. The van der Waals surface area contributed by atoms with Crippen LogP contribution < -0.4 is 0 Å². The predicted octanol–water partition coefficient (Wildman–Crippen LogP) is 2.87. The van der Waals surface area contributed by atoms with Crippen LogP contribution in [0.5, 0.6) is 0 Å². The highest BCUT2D eigenvalue weighted by molar-refractivity contribution is 5.76. The van der Waals surface area contributed by atoms with Crippen molar-refractivity contribution in [3.8, 4) is 11.3 Å². The van der Waals surface area contributed by atoms with Crippen LogP contribution in [-0.4, -0.2) is 11.3 Å². The summed E-state index contributed by atoms with van der Waals surface area (Å²) in [4.78, 5) is 14.8. The lowest BCUT2D eigenvalue weighted by molar-refractivity contribution is 0.112. The monoisotopic (exact) mass is 197 g/mol. The number of hydrogen-bond donors (Lipinski definition) is 0. The largest absolute Gasteiger partial charge is 0.298 e. The first-order valence-corrected chi connectivity index (χ1v) is 4.78. The molecule has 0 spiro atoms. The van der Waals surface area contributed by atoms with Gasteiger partial charge in [0.15, 0.2) is 0 Å². The zero-order valence-electron chi connectivity index (χ0n) is 8.47. The summed E-state index contributed by atoms with van der Waals surface area (Å²) >= 11 is 0. The molecule has 1 heterocycles. The van der Waals surface area contributed by atoms with Gasteiger partial charge in [0.2, 0.25) is 0 Å². The van der Waals surface area contributed by atoms with Gasteiger partial charge in [-0.2, -0.15) is 0 Å². The fraction of sp³-hybridized carbons (Fsp3) is 0.0769. The molecule has 0 unspecified atom stereocenters. The van der Waals surface area contributed by atoms with Crippen molar-refractivity contribution in [1.29, 1.82) is 0 Å². The second-order valence-electron chi connectivity index (χ2n) is 3.41. The van der Waals surface area contributed by atoms with Crippen molar-refractivity contribution in [3.05, 3.63) is 53.7 Å². The van der Waals surface area contributed by atoms with Crippen LogP contribution in [0.15, 0.2) is 42.6 Å². The summed E-state index contributed by atoms with van der Waals surface area (Å²) in [7, 11) is 0. The highest BCUT2D eigenvalue weighted by Gasteiger charge is 2.01. The Labute approximate surface area is 88.6 Å². The summed E-state index contributed by atoms with van der Waals surface area (Å²) in [6.07, 6.45) is 2.62. The van der Waals surface area contributed by atoms with E-state index in [1.165, 1.54) is 0 Å². The third kappa shape index (κ3) is 1.94. The normalized spacial score (nSPS) is 9.93. The number of carbonyl (C=O) groups is 1. The van der Waals surface area contributed by atoms with E-state index in [0.717, 1.165) is 23.1 Å². The van der Waals surface area contributed by atoms with E-state index in [-0.39, 0.29) is 0 Å². The van der Waals surface area contributed by atoms with Crippen molar-refractivity contribution in [2.45, 2.75) is 6.92 Å². The van der Waals surface area contributed by atoms with Crippen LogP contribution in [0.25, 0.3) is 11.3 Å². The Morgan fingerprint density at radius 3 is 2.47 bits per heavy atom. The number of carbonyl (C=O) groups excluding carboxylic acids is 1. The minimum absolute atomic E-state index is 0.687. The zero-order chi connectivity index (χ0) is 10.7. The SMILES string of the molecule is Cc1cccnc1-c1ccc(C=O)cc1. The average Bonchev–Trinajstić information content (AvgIpc) is 2.30. The van der Waals surface area contributed by atoms with Crippen molar-refractivity contribution >= 4 is 6.29 Å². The Morgan fingerprint density at radius 2 is 1.87 bits per heavy atom. The quantitative estimate of drug-likeness (QED) is 0.693. The first-order valence-electron chi connectivity index (χ1n) is 4.78. The zero-order valence-corrected chi connectivity index (χ0v) is 8.47. The Balaban J connectivity index is 2.46. The van der Waals surface area contributed by atoms with Crippen LogP contribution in [-0.2, 0) is 0 Å². The van der Waals surface area contributed by atoms with Gasteiger partial charge in [-0.05, 0) is 18.6 Å². The number of hydrogen-bond acceptors (Lipinski definition) is 2. The average molecular weight is 197 g/mol. The molecule has 74 valence electrons. The number of aryl methyl sites for hydroxylation is 1. The molecule has 1 aromatic carbocycles. The van der Waals surface area contributed by atoms with Crippen LogP contribution in [0.4, 0.5) is 0 Å². The van der Waals surface area contributed by atoms with E-state index in [0.29, 0.717) is 5.56 Å². The highest BCUT2D eigenvalue weighted by Crippen LogP contribution is 2.20. The van der Waals surface area contributed by atoms with Crippen LogP contribution >= 0.6 is 0 Å². The third-order valence-electron chi connectivity index (χ3n) is 2.33. The number of nitrogens with zero attached hydrogens (tertiary/aromatic N) is 1. The van der Waals surface area contributed by atoms with Gasteiger partial charge in [-0.25, -0.2) is 0 Å². The molecule has 2 aromatic rings. The standard InChI is InChI=1S/C13H11NO/c1-10-3-2-8-14-13(10)12-6-4-11(9-15)5-7-12/h2-9H,1H3. The maximum Gasteiger partial charge on any atom is 0.150 e. The summed E-state index contributed by atoms with van der Waals surface area (Å²) < 4.78 is 0. The minimum Gasteiger partial charge on any atom is -0.298 e. The lowest BCUT2D eigenvalue weighted by atomic mass is 10.1. The van der Waals surface area contributed by atoms with E-state index < -0.39 is 0 Å². The Morgan fingerprint density at radius 1 is 1.13 bits per heavy atom. The van der Waals surface area contributed by atoms with E-state index in [9.17, 15) is 4.79 Å². The molecule has 0 fully saturated rings. The van der Waals surface area contributed by atoms with E-state index >= 15 is 0 Å². The molecule has 0 aliphatic carbocycles. The second kappa shape index (κ2) is 4.05. The van der Waals surface area contributed by atoms with E-state index in [1.54, 1.807) is 18.3 Å². The Bertz CT molecular complexity index is 474. The van der Waals surface area contributed by atoms with Gasteiger partial charge in [-0.3, -0.25) is 9.78 Å². The summed E-state index contributed by atoms with van der Waals surface area (Å²) in [5.74, 6) is 0. The van der Waals surface area contributed by atoms with Crippen molar-refractivity contribution in [3.63, 3.8) is 0 Å². The summed E-state index contributed by atoms with van der Waals surface area (Å²) in [6, 6.07) is 11.4. The van der Waals surface area contributed by atoms with Crippen LogP contribution in [0.2, 0.25) is 0 Å². The maximum absolute atomic E-state index is 10.5. The Hall–Kier alpha value is -1.96. The van der Waals surface area contributed by atoms with Crippen LogP contribution in [0, 0.1) is 6.92 Å². The Kier molecular flexibility index (Phi) is 2.59. The molecule has 2 nitrogen and oxygen atoms in total. The van der Waals surface area contributed by atoms with E-state index in [1.807, 2.05) is 31.2 Å². The summed E-state index contributed by atoms with van der Waals surface area (Å²) in [6.45, 7) is 2.02. The van der Waals surface area contributed by atoms with Crippen molar-refractivity contribution < 1.29 is 4.79 Å². The highest BCUT2D eigenvalue weighted by atomic mass is 16.1. The molecular formula is C13H11NO. The minimum atomic E-state index is 0.687. The van der Waals surface area contributed by atoms with Gasteiger partial charge in [-0.15, -0.1) is 0 Å². The summed E-state index contributed by atoms with van der Waals surface area (Å²) in [5, 5.41) is 0. The second-order valence-corrected chi connectivity index (χ2v) is 3.41. The van der Waals surface area contributed by atoms with Gasteiger partial charge in [0.1, 0.15) is 6.29 Å². The molecular weight excluding hydrogens is 186 g/mol. The number of pyridine rings is 1. The first-order chi connectivity index (χ1) is 7.31. The number of aromatic nitrogens is 1. The smallest absolute Gasteiger partial charge is 0.150 e. The van der Waals surface area contributed by atoms with Crippen molar-refractivity contribution in [2.75, 3.05) is 0 Å². The molecule has 0 saturated carbocycles. The van der Waals surface area contributed by atoms with Gasteiger partial charge in [0.05, 0.1) is 5.69 Å². The molecule has 2 rings (SSSR count). The lowest BCUT2D eigenvalue weighted by Crippen LogP contribution is -1.87. The molecule has 1 aromatic heterocycles. The van der Waals surface area contributed by atoms with Gasteiger partial charge >= 0.3 is 0 Å². The molecule has 0 bridgehead atoms. The topological polar surface area (TPSA) is 30.0 Å². The summed E-state index contributed by atoms with van der Waals surface area (Å²) in [5.41, 5.74) is 3.83. The van der Waals surface area contributed by atoms with Crippen LogP contribution in [0.1, 0.15) is 15.9 Å². The first kappa shape index (κ1) is 9.59. The molecule has 0 aliphatic heterocycles. The fourth-order valence-electron chi connectivity index (χ4n) is 1.51. The molecule has 0 N–H and O–H groups in total.